The number of rotatable bonds is 3. The highest BCUT2D eigenvalue weighted by molar-refractivity contribution is 5.85. The maximum Gasteiger partial charge on any atom is 0.586 e. The highest BCUT2D eigenvalue weighted by atomic mass is 19.3. The summed E-state index contributed by atoms with van der Waals surface area (Å²) in [6, 6.07) is 4.12. The van der Waals surface area contributed by atoms with E-state index in [1.54, 1.807) is 0 Å². The molecule has 0 unspecified atom stereocenters. The zero-order chi connectivity index (χ0) is 16.8. The van der Waals surface area contributed by atoms with Gasteiger partial charge in [-0.05, 0) is 43.4 Å². The molecule has 0 bridgehead atoms. The molecule has 0 aromatic heterocycles. The van der Waals surface area contributed by atoms with Crippen LogP contribution in [0.2, 0.25) is 0 Å². The van der Waals surface area contributed by atoms with Gasteiger partial charge in [0.05, 0.1) is 5.41 Å². The fraction of sp³-hybridized carbons (Fsp3) is 0.467. The smallest absolute Gasteiger partial charge is 0.481 e. The topological polar surface area (TPSA) is 98.9 Å². The van der Waals surface area contributed by atoms with Gasteiger partial charge in [-0.15, -0.1) is 8.78 Å². The number of nitrogens with two attached hydrogens (primary N) is 1. The molecule has 2 fully saturated rings. The van der Waals surface area contributed by atoms with E-state index >= 15 is 0 Å². The SMILES string of the molecule is NC(=O)C1CC1.O=C(O)C1(c2ccc3c(c2)OC(F)(F)O3)CC1. The van der Waals surface area contributed by atoms with Crippen LogP contribution in [0.3, 0.4) is 0 Å². The number of hydrogen-bond donors (Lipinski definition) is 2. The van der Waals surface area contributed by atoms with Crippen LogP contribution in [-0.4, -0.2) is 23.3 Å². The summed E-state index contributed by atoms with van der Waals surface area (Å²) in [5, 5.41) is 9.09. The van der Waals surface area contributed by atoms with Crippen molar-refractivity contribution in [2.45, 2.75) is 37.4 Å². The number of aliphatic carboxylic acids is 1. The average molecular weight is 327 g/mol. The number of halogens is 2. The Bertz CT molecular complexity index is 668. The summed E-state index contributed by atoms with van der Waals surface area (Å²) in [7, 11) is 0. The first-order valence-corrected chi connectivity index (χ1v) is 7.17. The van der Waals surface area contributed by atoms with E-state index in [1.165, 1.54) is 18.2 Å². The molecule has 6 nitrogen and oxygen atoms in total. The normalized spacial score (nSPS) is 21.8. The molecule has 8 heteroatoms. The van der Waals surface area contributed by atoms with Gasteiger partial charge in [0.15, 0.2) is 11.5 Å². The third-order valence-corrected chi connectivity index (χ3v) is 4.09. The average Bonchev–Trinajstić information content (AvgIpc) is 3.34. The number of carbonyl (C=O) groups excluding carboxylic acids is 1. The summed E-state index contributed by atoms with van der Waals surface area (Å²) in [4.78, 5) is 21.1. The third-order valence-electron chi connectivity index (χ3n) is 4.09. The maximum absolute atomic E-state index is 12.8. The minimum Gasteiger partial charge on any atom is -0.481 e. The lowest BCUT2D eigenvalue weighted by molar-refractivity contribution is -0.286. The van der Waals surface area contributed by atoms with Crippen LogP contribution in [0.1, 0.15) is 31.2 Å². The Labute approximate surface area is 130 Å². The second-order valence-electron chi connectivity index (χ2n) is 5.89. The highest BCUT2D eigenvalue weighted by Gasteiger charge is 2.53. The Morgan fingerprint density at radius 2 is 1.78 bits per heavy atom. The van der Waals surface area contributed by atoms with Crippen LogP contribution in [0.15, 0.2) is 18.2 Å². The number of carboxylic acids is 1. The van der Waals surface area contributed by atoms with E-state index < -0.39 is 17.7 Å². The van der Waals surface area contributed by atoms with Crippen molar-refractivity contribution in [2.24, 2.45) is 11.7 Å². The molecular formula is C15H15F2NO5. The molecule has 0 radical (unpaired) electrons. The summed E-state index contributed by atoms with van der Waals surface area (Å²) in [5.41, 5.74) is 4.40. The summed E-state index contributed by atoms with van der Waals surface area (Å²) in [6.07, 6.45) is -0.595. The maximum atomic E-state index is 12.8. The number of carboxylic acid groups (broad SMARTS) is 1. The zero-order valence-electron chi connectivity index (χ0n) is 12.1. The van der Waals surface area contributed by atoms with E-state index in [4.69, 9.17) is 10.8 Å². The van der Waals surface area contributed by atoms with Gasteiger partial charge in [-0.1, -0.05) is 6.07 Å². The Kier molecular flexibility index (Phi) is 3.42. The molecule has 0 atom stereocenters. The van der Waals surface area contributed by atoms with Crippen LogP contribution < -0.4 is 15.2 Å². The molecule has 2 aliphatic carbocycles. The van der Waals surface area contributed by atoms with Gasteiger partial charge in [0, 0.05) is 5.92 Å². The molecule has 1 heterocycles. The van der Waals surface area contributed by atoms with E-state index in [0.29, 0.717) is 18.4 Å². The minimum atomic E-state index is -3.67. The van der Waals surface area contributed by atoms with Crippen molar-refractivity contribution in [1.82, 2.24) is 0 Å². The van der Waals surface area contributed by atoms with Crippen LogP contribution in [0.5, 0.6) is 11.5 Å². The van der Waals surface area contributed by atoms with Crippen molar-refractivity contribution in [1.29, 1.82) is 0 Å². The Morgan fingerprint density at radius 3 is 2.22 bits per heavy atom. The van der Waals surface area contributed by atoms with Crippen LogP contribution >= 0.6 is 0 Å². The lowest BCUT2D eigenvalue weighted by Gasteiger charge is -2.10. The molecule has 0 spiro atoms. The summed E-state index contributed by atoms with van der Waals surface area (Å²) >= 11 is 0. The first-order chi connectivity index (χ1) is 10.7. The lowest BCUT2D eigenvalue weighted by Crippen LogP contribution is -2.26. The van der Waals surface area contributed by atoms with Gasteiger partial charge in [-0.25, -0.2) is 0 Å². The van der Waals surface area contributed by atoms with E-state index in [9.17, 15) is 18.4 Å². The van der Waals surface area contributed by atoms with Gasteiger partial charge in [0.1, 0.15) is 0 Å². The van der Waals surface area contributed by atoms with E-state index in [0.717, 1.165) is 12.8 Å². The minimum absolute atomic E-state index is 0.0695. The molecule has 124 valence electrons. The van der Waals surface area contributed by atoms with Crippen LogP contribution in [0.25, 0.3) is 0 Å². The number of primary amides is 1. The summed E-state index contributed by atoms with van der Waals surface area (Å²) < 4.78 is 34.1. The largest absolute Gasteiger partial charge is 0.586 e. The molecule has 4 rings (SSSR count). The predicted molar refractivity (Wildman–Crippen MR) is 73.1 cm³/mol. The fourth-order valence-electron chi connectivity index (χ4n) is 2.37. The molecule has 0 saturated heterocycles. The van der Waals surface area contributed by atoms with Crippen LogP contribution in [-0.2, 0) is 15.0 Å². The first kappa shape index (κ1) is 15.5. The number of ether oxygens (including phenoxy) is 2. The molecule has 2 saturated carbocycles. The molecule has 3 N–H and O–H groups in total. The van der Waals surface area contributed by atoms with Gasteiger partial charge in [-0.2, -0.15) is 0 Å². The third kappa shape index (κ3) is 3.06. The first-order valence-electron chi connectivity index (χ1n) is 7.17. The van der Waals surface area contributed by atoms with Crippen molar-refractivity contribution in [3.63, 3.8) is 0 Å². The molecular weight excluding hydrogens is 312 g/mol. The van der Waals surface area contributed by atoms with E-state index in [1.807, 2.05) is 0 Å². The number of hydrogen-bond acceptors (Lipinski definition) is 4. The van der Waals surface area contributed by atoms with Gasteiger partial charge in [-0.3, -0.25) is 9.59 Å². The molecule has 1 aromatic carbocycles. The Morgan fingerprint density at radius 1 is 1.17 bits per heavy atom. The number of fused-ring (bicyclic) bond motifs is 1. The summed E-state index contributed by atoms with van der Waals surface area (Å²) in [6.45, 7) is 0. The fourth-order valence-corrected chi connectivity index (χ4v) is 2.37. The van der Waals surface area contributed by atoms with Crippen molar-refractivity contribution < 1.29 is 33.0 Å². The predicted octanol–water partition coefficient (Wildman–Crippen LogP) is 2.01. The molecule has 1 amide bonds. The quantitative estimate of drug-likeness (QED) is 0.885. The van der Waals surface area contributed by atoms with E-state index in [-0.39, 0.29) is 23.3 Å². The number of carbonyl (C=O) groups is 2. The van der Waals surface area contributed by atoms with E-state index in [2.05, 4.69) is 9.47 Å². The van der Waals surface area contributed by atoms with Crippen molar-refractivity contribution in [3.8, 4) is 11.5 Å². The molecule has 23 heavy (non-hydrogen) atoms. The lowest BCUT2D eigenvalue weighted by atomic mass is 9.96. The highest BCUT2D eigenvalue weighted by Crippen LogP contribution is 2.51. The van der Waals surface area contributed by atoms with Crippen molar-refractivity contribution >= 4 is 11.9 Å². The second kappa shape index (κ2) is 5.07. The molecule has 1 aromatic rings. The number of alkyl halides is 2. The van der Waals surface area contributed by atoms with Gasteiger partial charge in [0.25, 0.3) is 0 Å². The van der Waals surface area contributed by atoms with Crippen molar-refractivity contribution in [2.75, 3.05) is 0 Å². The Hall–Kier alpha value is -2.38. The standard InChI is InChI=1S/C11H8F2O4.C4H7NO/c12-11(13)16-7-2-1-6(5-8(7)17-11)10(3-4-10)9(14)15;5-4(6)3-1-2-3/h1-2,5H,3-4H2,(H,14,15);3H,1-2H2,(H2,5,6). The number of benzene rings is 1. The van der Waals surface area contributed by atoms with Crippen LogP contribution in [0, 0.1) is 5.92 Å². The van der Waals surface area contributed by atoms with Gasteiger partial charge < -0.3 is 20.3 Å². The molecule has 3 aliphatic rings. The number of amides is 1. The van der Waals surface area contributed by atoms with Gasteiger partial charge >= 0.3 is 12.3 Å². The molecule has 1 aliphatic heterocycles. The monoisotopic (exact) mass is 327 g/mol. The van der Waals surface area contributed by atoms with Crippen molar-refractivity contribution in [3.05, 3.63) is 23.8 Å². The van der Waals surface area contributed by atoms with Crippen LogP contribution in [0.4, 0.5) is 8.78 Å². The summed E-state index contributed by atoms with van der Waals surface area (Å²) in [5.74, 6) is -1.01. The van der Waals surface area contributed by atoms with Gasteiger partial charge in [0.2, 0.25) is 5.91 Å². The Balaban J connectivity index is 0.000000220. The zero-order valence-corrected chi connectivity index (χ0v) is 12.1. The second-order valence-corrected chi connectivity index (χ2v) is 5.89.